The molecule has 3 aliphatic heterocycles. The minimum atomic E-state index is -4.69. The summed E-state index contributed by atoms with van der Waals surface area (Å²) in [6, 6.07) is 9.91. The molecule has 0 spiro atoms. The number of aliphatic hydroxyl groups is 2. The Bertz CT molecular complexity index is 1800. The summed E-state index contributed by atoms with van der Waals surface area (Å²) in [4.78, 5) is 18.3. The summed E-state index contributed by atoms with van der Waals surface area (Å²) in [5.74, 6) is -0.924. The number of nitrogens with zero attached hydrogens (tertiary/aromatic N) is 6. The van der Waals surface area contributed by atoms with E-state index in [-0.39, 0.29) is 48.6 Å². The van der Waals surface area contributed by atoms with Crippen molar-refractivity contribution in [3.05, 3.63) is 65.1 Å². The van der Waals surface area contributed by atoms with Gasteiger partial charge in [0.25, 0.3) is 0 Å². The highest BCUT2D eigenvalue weighted by atomic mass is 32.2. The van der Waals surface area contributed by atoms with Gasteiger partial charge < -0.3 is 20.0 Å². The second-order valence-electron chi connectivity index (χ2n) is 13.0. The fourth-order valence-corrected chi connectivity index (χ4v) is 8.55. The van der Waals surface area contributed by atoms with Crippen molar-refractivity contribution in [2.45, 2.75) is 49.2 Å². The molecule has 6 rings (SSSR count). The maximum Gasteiger partial charge on any atom is 0.417 e. The summed E-state index contributed by atoms with van der Waals surface area (Å²) < 4.78 is 83.6. The lowest BCUT2D eigenvalue weighted by atomic mass is 10.0. The van der Waals surface area contributed by atoms with Crippen molar-refractivity contribution in [3.8, 4) is 11.3 Å². The van der Waals surface area contributed by atoms with Gasteiger partial charge in [-0.25, -0.2) is 12.8 Å². The second kappa shape index (κ2) is 14.8. The predicted molar refractivity (Wildman–Crippen MR) is 181 cm³/mol. The smallest absolute Gasteiger partial charge is 0.391 e. The molecule has 17 heteroatoms. The average molecular weight is 741 g/mol. The standard InChI is InChI=1S/C33H40F4N6O5S2/c1-50(47,48)42-11-9-29-27(20-42)32(22-2-7-28(33(35,36)37)30(16-22)49-21-31(46)41-10-8-25(44)18-41)38-43(29)19-26(45)17-39-12-14-40(15-13-39)24-5-3-23(34)4-6-24/h2-7,16,25-26,44-45H,8-15,17-21H2,1H3/t25-,26?/m1/s1. The van der Waals surface area contributed by atoms with E-state index in [1.807, 2.05) is 0 Å². The fourth-order valence-electron chi connectivity index (χ4n) is 6.75. The van der Waals surface area contributed by atoms with Gasteiger partial charge in [0.15, 0.2) is 0 Å². The topological polar surface area (TPSA) is 122 Å². The second-order valence-corrected chi connectivity index (χ2v) is 16.0. The van der Waals surface area contributed by atoms with E-state index < -0.39 is 34.0 Å². The van der Waals surface area contributed by atoms with Gasteiger partial charge in [0.2, 0.25) is 15.9 Å². The van der Waals surface area contributed by atoms with Crippen molar-refractivity contribution >= 4 is 33.4 Å². The van der Waals surface area contributed by atoms with Gasteiger partial charge in [0, 0.05) is 92.7 Å². The number of aliphatic hydroxyl groups excluding tert-OH is 2. The molecule has 4 heterocycles. The Morgan fingerprint density at radius 2 is 1.76 bits per heavy atom. The molecule has 2 aromatic carbocycles. The van der Waals surface area contributed by atoms with Crippen molar-refractivity contribution in [1.82, 2.24) is 23.9 Å². The fraction of sp³-hybridized carbons (Fsp3) is 0.515. The van der Waals surface area contributed by atoms with Crippen LogP contribution in [0.5, 0.6) is 0 Å². The normalized spacial score (nSPS) is 19.9. The van der Waals surface area contributed by atoms with Crippen LogP contribution in [-0.2, 0) is 40.5 Å². The average Bonchev–Trinajstić information content (AvgIpc) is 3.66. The Kier molecular flexibility index (Phi) is 10.8. The van der Waals surface area contributed by atoms with Crippen molar-refractivity contribution in [2.24, 2.45) is 0 Å². The van der Waals surface area contributed by atoms with E-state index in [1.165, 1.54) is 33.5 Å². The Morgan fingerprint density at radius 3 is 2.40 bits per heavy atom. The van der Waals surface area contributed by atoms with Crippen molar-refractivity contribution in [3.63, 3.8) is 0 Å². The van der Waals surface area contributed by atoms with Gasteiger partial charge in [-0.3, -0.25) is 14.4 Å². The quantitative estimate of drug-likeness (QED) is 0.239. The van der Waals surface area contributed by atoms with Gasteiger partial charge in [-0.1, -0.05) is 6.07 Å². The number of sulfonamides is 1. The molecule has 11 nitrogen and oxygen atoms in total. The summed E-state index contributed by atoms with van der Waals surface area (Å²) in [6.07, 6.45) is -4.36. The minimum Gasteiger partial charge on any atom is -0.391 e. The molecular formula is C33H40F4N6O5S2. The van der Waals surface area contributed by atoms with Crippen LogP contribution in [0.1, 0.15) is 23.2 Å². The van der Waals surface area contributed by atoms with E-state index in [1.54, 1.807) is 16.8 Å². The lowest BCUT2D eigenvalue weighted by Gasteiger charge is -2.37. The molecule has 2 atom stereocenters. The molecule has 0 radical (unpaired) electrons. The molecule has 3 aromatic rings. The lowest BCUT2D eigenvalue weighted by Crippen LogP contribution is -2.49. The Morgan fingerprint density at radius 1 is 1.04 bits per heavy atom. The monoisotopic (exact) mass is 740 g/mol. The maximum absolute atomic E-state index is 14.1. The number of halogens is 4. The summed E-state index contributed by atoms with van der Waals surface area (Å²) in [7, 11) is -3.59. The molecule has 2 N–H and O–H groups in total. The third kappa shape index (κ3) is 8.45. The number of amides is 1. The number of carbonyl (C=O) groups excluding carboxylic acids is 1. The number of anilines is 1. The Labute approximate surface area is 292 Å². The van der Waals surface area contributed by atoms with Gasteiger partial charge in [-0.15, -0.1) is 11.8 Å². The van der Waals surface area contributed by atoms with Crippen molar-refractivity contribution in [1.29, 1.82) is 0 Å². The molecule has 2 fully saturated rings. The number of β-amino-alcohol motifs (C(OH)–C–C–N with tert-alkyl or cyclic N) is 2. The highest BCUT2D eigenvalue weighted by Gasteiger charge is 2.36. The van der Waals surface area contributed by atoms with Crippen molar-refractivity contribution < 1.29 is 41.0 Å². The number of hydrogen-bond acceptors (Lipinski definition) is 9. The van der Waals surface area contributed by atoms with E-state index in [9.17, 15) is 41.0 Å². The molecule has 0 aliphatic carbocycles. The van der Waals surface area contributed by atoms with Crippen molar-refractivity contribution in [2.75, 3.05) is 69.3 Å². The largest absolute Gasteiger partial charge is 0.417 e. The first-order valence-corrected chi connectivity index (χ1v) is 19.2. The zero-order chi connectivity index (χ0) is 35.8. The SMILES string of the molecule is CS(=O)(=O)N1CCc2c(c(-c3ccc(C(F)(F)F)c(SCC(=O)N4CC[C@@H](O)C4)c3)nn2CC(O)CN2CCN(c3ccc(F)cc3)CC2)C1. The molecule has 272 valence electrons. The van der Waals surface area contributed by atoms with Gasteiger partial charge in [-0.05, 0) is 42.8 Å². The molecule has 1 aromatic heterocycles. The van der Waals surface area contributed by atoms with Crippen LogP contribution in [0.25, 0.3) is 11.3 Å². The Balaban J connectivity index is 1.22. The van der Waals surface area contributed by atoms with Crippen LogP contribution in [0, 0.1) is 5.82 Å². The third-order valence-corrected chi connectivity index (χ3v) is 11.7. The number of hydrogen-bond donors (Lipinski definition) is 2. The van der Waals surface area contributed by atoms with Gasteiger partial charge in [0.05, 0.1) is 42.0 Å². The molecule has 3 aliphatic rings. The number of rotatable bonds is 10. The molecule has 1 unspecified atom stereocenters. The minimum absolute atomic E-state index is 0.0236. The maximum atomic E-state index is 14.1. The molecule has 50 heavy (non-hydrogen) atoms. The van der Waals surface area contributed by atoms with Gasteiger partial charge >= 0.3 is 6.18 Å². The van der Waals surface area contributed by atoms with Crippen LogP contribution in [0.4, 0.5) is 23.2 Å². The van der Waals surface area contributed by atoms with Crippen LogP contribution in [-0.4, -0.2) is 125 Å². The number of likely N-dealkylation sites (tertiary alicyclic amines) is 1. The zero-order valence-corrected chi connectivity index (χ0v) is 29.2. The van der Waals surface area contributed by atoms with Crippen LogP contribution in [0.2, 0.25) is 0 Å². The number of alkyl halides is 3. The van der Waals surface area contributed by atoms with Crippen LogP contribution < -0.4 is 4.90 Å². The number of benzene rings is 2. The summed E-state index contributed by atoms with van der Waals surface area (Å²) in [5, 5.41) is 25.7. The first-order chi connectivity index (χ1) is 23.7. The first-order valence-electron chi connectivity index (χ1n) is 16.4. The summed E-state index contributed by atoms with van der Waals surface area (Å²) in [6.45, 7) is 3.83. The molecular weight excluding hydrogens is 701 g/mol. The van der Waals surface area contributed by atoms with E-state index in [0.717, 1.165) is 29.8 Å². The summed E-state index contributed by atoms with van der Waals surface area (Å²) >= 11 is 0.758. The van der Waals surface area contributed by atoms with Gasteiger partial charge in [-0.2, -0.15) is 22.6 Å². The Hall–Kier alpha value is -3.22. The van der Waals surface area contributed by atoms with E-state index in [2.05, 4.69) is 9.80 Å². The summed E-state index contributed by atoms with van der Waals surface area (Å²) in [5.41, 5.74) is 1.94. The molecule has 2 saturated heterocycles. The molecule has 1 amide bonds. The van der Waals surface area contributed by atoms with Crippen LogP contribution in [0.15, 0.2) is 47.4 Å². The van der Waals surface area contributed by atoms with Crippen LogP contribution in [0.3, 0.4) is 0 Å². The van der Waals surface area contributed by atoms with E-state index in [4.69, 9.17) is 5.10 Å². The number of piperazine rings is 1. The zero-order valence-electron chi connectivity index (χ0n) is 27.5. The first kappa shape index (κ1) is 36.6. The van der Waals surface area contributed by atoms with Crippen LogP contribution >= 0.6 is 11.8 Å². The molecule has 0 bridgehead atoms. The third-order valence-electron chi connectivity index (χ3n) is 9.41. The highest BCUT2D eigenvalue weighted by molar-refractivity contribution is 8.00. The number of carbonyl (C=O) groups is 1. The number of thioether (sulfide) groups is 1. The van der Waals surface area contributed by atoms with Gasteiger partial charge in [0.1, 0.15) is 5.82 Å². The molecule has 0 saturated carbocycles. The predicted octanol–water partition coefficient (Wildman–Crippen LogP) is 2.89. The lowest BCUT2D eigenvalue weighted by molar-refractivity contribution is -0.139. The van der Waals surface area contributed by atoms with E-state index in [0.29, 0.717) is 74.6 Å². The highest BCUT2D eigenvalue weighted by Crippen LogP contribution is 2.40. The number of fused-ring (bicyclic) bond motifs is 1. The number of aromatic nitrogens is 2. The van der Waals surface area contributed by atoms with E-state index >= 15 is 0 Å².